The van der Waals surface area contributed by atoms with Crippen LogP contribution < -0.4 is 0 Å². The third kappa shape index (κ3) is 3.95. The Morgan fingerprint density at radius 1 is 1.24 bits per heavy atom. The normalized spacial score (nSPS) is 27.0. The lowest BCUT2D eigenvalue weighted by Crippen LogP contribution is -1.93. The number of carbonyl (C=O) groups is 1. The lowest BCUT2D eigenvalue weighted by Gasteiger charge is -2.03. The Morgan fingerprint density at radius 2 is 1.88 bits per heavy atom. The third-order valence-corrected chi connectivity index (χ3v) is 4.32. The van der Waals surface area contributed by atoms with Crippen molar-refractivity contribution in [3.63, 3.8) is 0 Å². The van der Waals surface area contributed by atoms with E-state index in [2.05, 4.69) is 26.8 Å². The minimum Gasteiger partial charge on any atom is -0.396 e. The van der Waals surface area contributed by atoms with Crippen LogP contribution in [0.25, 0.3) is 0 Å². The molecule has 0 bridgehead atoms. The summed E-state index contributed by atoms with van der Waals surface area (Å²) >= 11 is 0. The molecule has 1 rings (SSSR count). The van der Waals surface area contributed by atoms with Gasteiger partial charge in [0.1, 0.15) is 5.78 Å². The number of Topliss-reactive ketones (excluding diaryl/α,β-unsaturated/α-hetero) is 1. The predicted molar refractivity (Wildman–Crippen MR) is 70.8 cm³/mol. The Hall–Kier alpha value is -0.630. The Morgan fingerprint density at radius 3 is 2.35 bits per heavy atom. The van der Waals surface area contributed by atoms with Crippen LogP contribution >= 0.6 is 0 Å². The average molecular weight is 238 g/mol. The Kier molecular flexibility index (Phi) is 4.93. The Labute approximate surface area is 105 Å². The van der Waals surface area contributed by atoms with E-state index in [0.29, 0.717) is 30.3 Å². The molecule has 0 unspecified atom stereocenters. The number of ketones is 1. The highest BCUT2D eigenvalue weighted by Crippen LogP contribution is 2.60. The van der Waals surface area contributed by atoms with Crippen molar-refractivity contribution in [2.24, 2.45) is 17.3 Å². The fraction of sp³-hybridized carbons (Fsp3) is 0.800. The summed E-state index contributed by atoms with van der Waals surface area (Å²) < 4.78 is 0. The van der Waals surface area contributed by atoms with Crippen LogP contribution in [0.4, 0.5) is 0 Å². The molecule has 0 aromatic carbocycles. The second kappa shape index (κ2) is 5.81. The summed E-state index contributed by atoms with van der Waals surface area (Å²) in [6.45, 7) is 8.59. The molecule has 1 aliphatic carbocycles. The van der Waals surface area contributed by atoms with Crippen LogP contribution in [0.3, 0.4) is 0 Å². The molecule has 1 saturated carbocycles. The summed E-state index contributed by atoms with van der Waals surface area (Å²) in [6, 6.07) is 0. The maximum absolute atomic E-state index is 10.8. The van der Waals surface area contributed by atoms with E-state index in [1.54, 1.807) is 6.92 Å². The Balaban J connectivity index is 2.25. The highest BCUT2D eigenvalue weighted by molar-refractivity contribution is 5.75. The van der Waals surface area contributed by atoms with Crippen LogP contribution in [-0.2, 0) is 4.79 Å². The lowest BCUT2D eigenvalue weighted by atomic mass is 10.0. The number of hydrogen-bond acceptors (Lipinski definition) is 2. The first-order chi connectivity index (χ1) is 7.89. The number of carbonyl (C=O) groups excluding carboxylic acids is 1. The molecule has 1 fully saturated rings. The minimum absolute atomic E-state index is 0.262. The van der Waals surface area contributed by atoms with Gasteiger partial charge in [-0.1, -0.05) is 25.5 Å². The van der Waals surface area contributed by atoms with E-state index >= 15 is 0 Å². The number of hydrogen-bond donors (Lipinski definition) is 1. The van der Waals surface area contributed by atoms with Crippen molar-refractivity contribution in [1.82, 2.24) is 0 Å². The number of aliphatic hydroxyl groups is 1. The summed E-state index contributed by atoms with van der Waals surface area (Å²) in [5.74, 6) is 1.42. The summed E-state index contributed by atoms with van der Waals surface area (Å²) in [4.78, 5) is 10.8. The molecule has 0 spiro atoms. The predicted octanol–water partition coefficient (Wildman–Crippen LogP) is 3.35. The highest BCUT2D eigenvalue weighted by Gasteiger charge is 2.56. The minimum atomic E-state index is 0.262. The quantitative estimate of drug-likeness (QED) is 0.691. The van der Waals surface area contributed by atoms with Gasteiger partial charge in [0.25, 0.3) is 0 Å². The van der Waals surface area contributed by atoms with Crippen molar-refractivity contribution in [2.75, 3.05) is 6.61 Å². The van der Waals surface area contributed by atoms with Gasteiger partial charge in [0.15, 0.2) is 0 Å². The van der Waals surface area contributed by atoms with Gasteiger partial charge >= 0.3 is 0 Å². The highest BCUT2D eigenvalue weighted by atomic mass is 16.3. The molecule has 2 heteroatoms. The summed E-state index contributed by atoms with van der Waals surface area (Å²) in [7, 11) is 0. The van der Waals surface area contributed by atoms with Gasteiger partial charge in [-0.3, -0.25) is 0 Å². The van der Waals surface area contributed by atoms with Crippen molar-refractivity contribution < 1.29 is 9.90 Å². The Bertz CT molecular complexity index is 302. The average Bonchev–Trinajstić information content (AvgIpc) is 2.75. The zero-order valence-corrected chi connectivity index (χ0v) is 11.6. The summed E-state index contributed by atoms with van der Waals surface area (Å²) in [6.07, 6.45) is 5.98. The monoisotopic (exact) mass is 238 g/mol. The standard InChI is InChI=1S/C15H26O2/c1-11(6-5-7-12(2)17)8-9-13-14(10-16)15(13,3)4/h6,13-14,16H,5,7-10H2,1-4H3/b11-6+/t13-,14-/m0/s1. The van der Waals surface area contributed by atoms with Crippen LogP contribution in [0.1, 0.15) is 53.4 Å². The number of aliphatic hydroxyl groups excluding tert-OH is 1. The smallest absolute Gasteiger partial charge is 0.130 e. The molecule has 2 atom stereocenters. The van der Waals surface area contributed by atoms with Gasteiger partial charge in [0.2, 0.25) is 0 Å². The molecule has 0 saturated heterocycles. The van der Waals surface area contributed by atoms with Gasteiger partial charge in [-0.05, 0) is 50.4 Å². The van der Waals surface area contributed by atoms with Crippen LogP contribution in [-0.4, -0.2) is 17.5 Å². The first kappa shape index (κ1) is 14.4. The van der Waals surface area contributed by atoms with Crippen LogP contribution in [0.2, 0.25) is 0 Å². The molecule has 0 aromatic heterocycles. The molecule has 17 heavy (non-hydrogen) atoms. The molecule has 0 radical (unpaired) electrons. The van der Waals surface area contributed by atoms with E-state index in [9.17, 15) is 9.90 Å². The van der Waals surface area contributed by atoms with Crippen molar-refractivity contribution >= 4 is 5.78 Å². The summed E-state index contributed by atoms with van der Waals surface area (Å²) in [5.41, 5.74) is 1.71. The maximum Gasteiger partial charge on any atom is 0.130 e. The van der Waals surface area contributed by atoms with Gasteiger partial charge in [0.05, 0.1) is 0 Å². The molecular weight excluding hydrogens is 212 g/mol. The molecule has 0 heterocycles. The zero-order valence-electron chi connectivity index (χ0n) is 11.6. The molecule has 0 amide bonds. The van der Waals surface area contributed by atoms with Crippen molar-refractivity contribution in [3.8, 4) is 0 Å². The SMILES string of the molecule is CC(=O)CC/C=C(\C)CC[C@H]1[C@H](CO)C1(C)C. The molecule has 2 nitrogen and oxygen atoms in total. The van der Waals surface area contributed by atoms with E-state index in [4.69, 9.17) is 0 Å². The number of rotatable bonds is 7. The topological polar surface area (TPSA) is 37.3 Å². The van der Waals surface area contributed by atoms with Gasteiger partial charge in [0, 0.05) is 13.0 Å². The largest absolute Gasteiger partial charge is 0.396 e. The van der Waals surface area contributed by atoms with Gasteiger partial charge < -0.3 is 9.90 Å². The first-order valence-corrected chi connectivity index (χ1v) is 6.65. The van der Waals surface area contributed by atoms with E-state index in [1.807, 2.05) is 0 Å². The van der Waals surface area contributed by atoms with Gasteiger partial charge in [-0.2, -0.15) is 0 Å². The van der Waals surface area contributed by atoms with Gasteiger partial charge in [-0.15, -0.1) is 0 Å². The van der Waals surface area contributed by atoms with Crippen LogP contribution in [0.5, 0.6) is 0 Å². The van der Waals surface area contributed by atoms with Crippen molar-refractivity contribution in [1.29, 1.82) is 0 Å². The molecule has 0 aliphatic heterocycles. The maximum atomic E-state index is 10.8. The summed E-state index contributed by atoms with van der Waals surface area (Å²) in [5, 5.41) is 9.23. The molecular formula is C15H26O2. The lowest BCUT2D eigenvalue weighted by molar-refractivity contribution is -0.116. The van der Waals surface area contributed by atoms with E-state index in [-0.39, 0.29) is 5.78 Å². The molecule has 1 aliphatic rings. The second-order valence-electron chi connectivity index (χ2n) is 6.05. The molecule has 1 N–H and O–H groups in total. The van der Waals surface area contributed by atoms with E-state index < -0.39 is 0 Å². The van der Waals surface area contributed by atoms with Crippen molar-refractivity contribution in [3.05, 3.63) is 11.6 Å². The number of allylic oxidation sites excluding steroid dienone is 2. The molecule has 98 valence electrons. The fourth-order valence-corrected chi connectivity index (χ4v) is 2.80. The van der Waals surface area contributed by atoms with Crippen LogP contribution in [0, 0.1) is 17.3 Å². The third-order valence-electron chi connectivity index (χ3n) is 4.32. The van der Waals surface area contributed by atoms with Crippen LogP contribution in [0.15, 0.2) is 11.6 Å². The van der Waals surface area contributed by atoms with Crippen molar-refractivity contribution in [2.45, 2.75) is 53.4 Å². The zero-order chi connectivity index (χ0) is 13.1. The van der Waals surface area contributed by atoms with E-state index in [1.165, 1.54) is 12.0 Å². The second-order valence-corrected chi connectivity index (χ2v) is 6.05. The first-order valence-electron chi connectivity index (χ1n) is 6.65. The van der Waals surface area contributed by atoms with Gasteiger partial charge in [-0.25, -0.2) is 0 Å². The molecule has 0 aromatic rings. The van der Waals surface area contributed by atoms with E-state index in [0.717, 1.165) is 12.8 Å². The fourth-order valence-electron chi connectivity index (χ4n) is 2.80.